The summed E-state index contributed by atoms with van der Waals surface area (Å²) in [5, 5.41) is 46.3. The normalized spacial score (nSPS) is 33.0. The predicted octanol–water partition coefficient (Wildman–Crippen LogP) is 0.992. The molecule has 0 aromatic rings. The highest BCUT2D eigenvalue weighted by Gasteiger charge is 2.40. The predicted molar refractivity (Wildman–Crippen MR) is 110 cm³/mol. The standard InChI is InChI=1S/C19H37NO5.C2H4O2/c1-14-6-8-15(9-7-14)25-11-5-3-2-4-10-20-12-17(22)19(24)18(23)16(20)13-21;1-2(3)4/h14-19,21-24H,2-13H2,1H3;1H3,(H,3,4)/t14?,15?,16-,17+,18-,19-;/m1./s1. The molecule has 2 rings (SSSR count). The van der Waals surface area contributed by atoms with E-state index in [0.29, 0.717) is 19.2 Å². The number of hydrogen-bond acceptors (Lipinski definition) is 7. The first-order valence-electron chi connectivity index (χ1n) is 11.0. The largest absolute Gasteiger partial charge is 0.481 e. The summed E-state index contributed by atoms with van der Waals surface area (Å²) < 4.78 is 5.96. The van der Waals surface area contributed by atoms with Gasteiger partial charge in [-0.25, -0.2) is 0 Å². The number of aliphatic carboxylic acids is 1. The second-order valence-electron chi connectivity index (χ2n) is 8.48. The fourth-order valence-corrected chi connectivity index (χ4v) is 4.05. The second kappa shape index (κ2) is 14.3. The molecule has 1 heterocycles. The number of rotatable bonds is 9. The maximum atomic E-state index is 9.96. The molecule has 8 nitrogen and oxygen atoms in total. The quantitative estimate of drug-likeness (QED) is 0.350. The van der Waals surface area contributed by atoms with Gasteiger partial charge in [-0.2, -0.15) is 0 Å². The smallest absolute Gasteiger partial charge is 0.300 e. The van der Waals surface area contributed by atoms with Crippen molar-refractivity contribution in [1.29, 1.82) is 0 Å². The molecule has 0 spiro atoms. The molecule has 0 amide bonds. The van der Waals surface area contributed by atoms with Gasteiger partial charge >= 0.3 is 0 Å². The lowest BCUT2D eigenvalue weighted by Crippen LogP contribution is -2.62. The Balaban J connectivity index is 0.000000960. The Kier molecular flexibility index (Phi) is 12.9. The third kappa shape index (κ3) is 10.2. The first kappa shape index (κ1) is 26.3. The maximum Gasteiger partial charge on any atom is 0.300 e. The Bertz CT molecular complexity index is 439. The van der Waals surface area contributed by atoms with Gasteiger partial charge in [-0.05, 0) is 51.0 Å². The van der Waals surface area contributed by atoms with Gasteiger partial charge in [-0.3, -0.25) is 9.69 Å². The van der Waals surface area contributed by atoms with E-state index in [4.69, 9.17) is 14.6 Å². The van der Waals surface area contributed by atoms with Gasteiger partial charge < -0.3 is 30.3 Å². The SMILES string of the molecule is CC(=O)O.CC1CCC(OCCCCCCN2C[C@H](O)[C@@H](O)[C@H](O)[C@H]2CO)CC1. The first-order chi connectivity index (χ1) is 13.8. The van der Waals surface area contributed by atoms with Gasteiger partial charge in [-0.15, -0.1) is 0 Å². The van der Waals surface area contributed by atoms with Crippen molar-refractivity contribution in [1.82, 2.24) is 4.90 Å². The number of hydrogen-bond donors (Lipinski definition) is 5. The maximum absolute atomic E-state index is 9.96. The summed E-state index contributed by atoms with van der Waals surface area (Å²) in [6.07, 6.45) is 6.42. The van der Waals surface area contributed by atoms with Crippen LogP contribution in [0.4, 0.5) is 0 Å². The third-order valence-corrected chi connectivity index (χ3v) is 5.87. The van der Waals surface area contributed by atoms with Crippen LogP contribution >= 0.6 is 0 Å². The van der Waals surface area contributed by atoms with E-state index in [1.807, 2.05) is 4.90 Å². The molecule has 172 valence electrons. The van der Waals surface area contributed by atoms with Crippen molar-refractivity contribution in [2.75, 3.05) is 26.3 Å². The van der Waals surface area contributed by atoms with Crippen LogP contribution in [0.5, 0.6) is 0 Å². The van der Waals surface area contributed by atoms with Crippen molar-refractivity contribution >= 4 is 5.97 Å². The summed E-state index contributed by atoms with van der Waals surface area (Å²) in [6.45, 7) is 5.04. The zero-order valence-electron chi connectivity index (χ0n) is 17.9. The van der Waals surface area contributed by atoms with E-state index in [0.717, 1.165) is 45.1 Å². The molecule has 0 radical (unpaired) electrons. The summed E-state index contributed by atoms with van der Waals surface area (Å²) in [7, 11) is 0. The van der Waals surface area contributed by atoms with Crippen LogP contribution in [0.2, 0.25) is 0 Å². The molecule has 1 aliphatic heterocycles. The summed E-state index contributed by atoms with van der Waals surface area (Å²) in [4.78, 5) is 10.9. The van der Waals surface area contributed by atoms with E-state index < -0.39 is 30.3 Å². The highest BCUT2D eigenvalue weighted by Crippen LogP contribution is 2.25. The van der Waals surface area contributed by atoms with E-state index in [1.54, 1.807) is 0 Å². The van der Waals surface area contributed by atoms with Crippen LogP contribution in [0.25, 0.3) is 0 Å². The molecule has 0 bridgehead atoms. The molecule has 1 aliphatic carbocycles. The van der Waals surface area contributed by atoms with E-state index >= 15 is 0 Å². The van der Waals surface area contributed by atoms with Crippen LogP contribution in [-0.4, -0.2) is 93.2 Å². The average Bonchev–Trinajstić information content (AvgIpc) is 2.66. The van der Waals surface area contributed by atoms with Crippen LogP contribution in [0.3, 0.4) is 0 Å². The fourth-order valence-electron chi connectivity index (χ4n) is 4.05. The van der Waals surface area contributed by atoms with Crippen LogP contribution in [0.15, 0.2) is 0 Å². The Labute approximate surface area is 174 Å². The van der Waals surface area contributed by atoms with Crippen LogP contribution in [0.1, 0.15) is 65.2 Å². The molecule has 4 atom stereocenters. The van der Waals surface area contributed by atoms with Crippen LogP contribution < -0.4 is 0 Å². The number of carboxylic acids is 1. The average molecular weight is 420 g/mol. The Morgan fingerprint density at radius 1 is 1.00 bits per heavy atom. The second-order valence-corrected chi connectivity index (χ2v) is 8.48. The van der Waals surface area contributed by atoms with Gasteiger partial charge in [-0.1, -0.05) is 19.8 Å². The lowest BCUT2D eigenvalue weighted by Gasteiger charge is -2.43. The van der Waals surface area contributed by atoms with Crippen LogP contribution in [0, 0.1) is 5.92 Å². The van der Waals surface area contributed by atoms with Gasteiger partial charge in [0.1, 0.15) is 12.2 Å². The number of carbonyl (C=O) groups is 1. The highest BCUT2D eigenvalue weighted by molar-refractivity contribution is 5.62. The summed E-state index contributed by atoms with van der Waals surface area (Å²) in [6, 6.07) is -0.490. The monoisotopic (exact) mass is 419 g/mol. The Hall–Kier alpha value is -0.770. The fraction of sp³-hybridized carbons (Fsp3) is 0.952. The molecule has 1 saturated carbocycles. The molecule has 1 saturated heterocycles. The number of aliphatic hydroxyl groups is 4. The number of carboxylic acid groups (broad SMARTS) is 1. The number of likely N-dealkylation sites (tertiary alicyclic amines) is 1. The van der Waals surface area contributed by atoms with Gasteiger partial charge in [0.05, 0.1) is 24.9 Å². The van der Waals surface area contributed by atoms with Crippen LogP contribution in [-0.2, 0) is 9.53 Å². The van der Waals surface area contributed by atoms with Crippen molar-refractivity contribution in [3.8, 4) is 0 Å². The molecule has 8 heteroatoms. The highest BCUT2D eigenvalue weighted by atomic mass is 16.5. The number of unbranched alkanes of at least 4 members (excludes halogenated alkanes) is 3. The van der Waals surface area contributed by atoms with E-state index in [9.17, 15) is 20.4 Å². The minimum absolute atomic E-state index is 0.210. The van der Waals surface area contributed by atoms with Gasteiger partial charge in [0, 0.05) is 20.1 Å². The summed E-state index contributed by atoms with van der Waals surface area (Å²) in [5.41, 5.74) is 0. The lowest BCUT2D eigenvalue weighted by molar-refractivity contribution is -0.145. The molecule has 5 N–H and O–H groups in total. The van der Waals surface area contributed by atoms with Crippen molar-refractivity contribution in [2.45, 2.75) is 95.7 Å². The summed E-state index contributed by atoms with van der Waals surface area (Å²) >= 11 is 0. The van der Waals surface area contributed by atoms with E-state index in [2.05, 4.69) is 6.92 Å². The molecule has 0 unspecified atom stereocenters. The number of nitrogens with zero attached hydrogens (tertiary/aromatic N) is 1. The van der Waals surface area contributed by atoms with Crippen molar-refractivity contribution in [3.05, 3.63) is 0 Å². The minimum Gasteiger partial charge on any atom is -0.481 e. The lowest BCUT2D eigenvalue weighted by atomic mass is 9.89. The topological polar surface area (TPSA) is 131 Å². The molecule has 0 aromatic heterocycles. The number of aliphatic hydroxyl groups excluding tert-OH is 4. The molecule has 2 aliphatic rings. The number of ether oxygens (including phenoxy) is 1. The number of piperidine rings is 1. The molecular formula is C21H41NO7. The van der Waals surface area contributed by atoms with Crippen molar-refractivity contribution < 1.29 is 35.1 Å². The van der Waals surface area contributed by atoms with E-state index in [-0.39, 0.29) is 6.61 Å². The van der Waals surface area contributed by atoms with Crippen molar-refractivity contribution in [3.63, 3.8) is 0 Å². The zero-order valence-corrected chi connectivity index (χ0v) is 17.9. The van der Waals surface area contributed by atoms with E-state index in [1.165, 1.54) is 25.7 Å². The zero-order chi connectivity index (χ0) is 21.8. The number of β-amino-alcohol motifs (C(OH)–C–C–N with tert-alkyl or cyclic N) is 1. The Morgan fingerprint density at radius 3 is 2.17 bits per heavy atom. The Morgan fingerprint density at radius 2 is 1.59 bits per heavy atom. The van der Waals surface area contributed by atoms with Crippen molar-refractivity contribution in [2.24, 2.45) is 5.92 Å². The van der Waals surface area contributed by atoms with Gasteiger partial charge in [0.15, 0.2) is 0 Å². The minimum atomic E-state index is -1.17. The summed E-state index contributed by atoms with van der Waals surface area (Å²) in [5.74, 6) is 0.0236. The molecule has 0 aromatic carbocycles. The first-order valence-corrected chi connectivity index (χ1v) is 11.0. The molecule has 29 heavy (non-hydrogen) atoms. The molecule has 2 fully saturated rings. The van der Waals surface area contributed by atoms with Gasteiger partial charge in [0.2, 0.25) is 0 Å². The third-order valence-electron chi connectivity index (χ3n) is 5.87. The van der Waals surface area contributed by atoms with Gasteiger partial charge in [0.25, 0.3) is 5.97 Å². The molecular weight excluding hydrogens is 378 g/mol.